The average Bonchev–Trinajstić information content (AvgIpc) is 3.16. The normalized spacial score (nSPS) is 27.6. The van der Waals surface area contributed by atoms with Crippen LogP contribution in [0.5, 0.6) is 0 Å². The van der Waals surface area contributed by atoms with Crippen molar-refractivity contribution in [2.24, 2.45) is 11.7 Å². The summed E-state index contributed by atoms with van der Waals surface area (Å²) in [4.78, 5) is 15.1. The largest absolute Gasteiger partial charge is 0.339 e. The highest BCUT2D eigenvalue weighted by Gasteiger charge is 2.54. The lowest BCUT2D eigenvalue weighted by molar-refractivity contribution is -0.134. The second-order valence-corrected chi connectivity index (χ2v) is 6.60. The third-order valence-electron chi connectivity index (χ3n) is 4.99. The van der Waals surface area contributed by atoms with Crippen LogP contribution < -0.4 is 5.73 Å². The first-order valence-corrected chi connectivity index (χ1v) is 7.65. The predicted octanol–water partition coefficient (Wildman–Crippen LogP) is 2.22. The van der Waals surface area contributed by atoms with Gasteiger partial charge in [-0.15, -0.1) is 0 Å². The Balaban J connectivity index is 1.84. The molecule has 2 unspecified atom stereocenters. The van der Waals surface area contributed by atoms with Crippen molar-refractivity contribution in [1.82, 2.24) is 4.90 Å². The van der Waals surface area contributed by atoms with Crippen molar-refractivity contribution >= 4 is 5.91 Å². The van der Waals surface area contributed by atoms with E-state index in [9.17, 15) is 4.79 Å². The zero-order chi connectivity index (χ0) is 14.3. The van der Waals surface area contributed by atoms with E-state index in [0.29, 0.717) is 24.4 Å². The number of likely N-dealkylation sites (tertiary alicyclic amines) is 1. The minimum absolute atomic E-state index is 0.232. The Bertz CT molecular complexity index is 521. The Morgan fingerprint density at radius 3 is 2.75 bits per heavy atom. The Morgan fingerprint density at radius 2 is 2.20 bits per heavy atom. The van der Waals surface area contributed by atoms with Crippen molar-refractivity contribution in [3.05, 3.63) is 35.4 Å². The van der Waals surface area contributed by atoms with Gasteiger partial charge in [0.25, 0.3) is 0 Å². The molecule has 0 radical (unpaired) electrons. The number of nitrogens with two attached hydrogens (primary N) is 1. The molecule has 2 atom stereocenters. The van der Waals surface area contributed by atoms with Gasteiger partial charge in [0.2, 0.25) is 5.91 Å². The van der Waals surface area contributed by atoms with Crippen LogP contribution in [0, 0.1) is 12.8 Å². The second-order valence-electron chi connectivity index (χ2n) is 6.60. The number of amides is 1. The van der Waals surface area contributed by atoms with Gasteiger partial charge in [0, 0.05) is 12.6 Å². The number of nitrogens with zero attached hydrogens (tertiary/aromatic N) is 1. The van der Waals surface area contributed by atoms with E-state index in [1.165, 1.54) is 11.1 Å². The number of carbonyl (C=O) groups excluding carboxylic acids is 1. The summed E-state index contributed by atoms with van der Waals surface area (Å²) in [7, 11) is 0. The van der Waals surface area contributed by atoms with Crippen LogP contribution in [0.25, 0.3) is 0 Å². The van der Waals surface area contributed by atoms with E-state index in [0.717, 1.165) is 25.8 Å². The molecule has 2 fully saturated rings. The molecule has 0 bridgehead atoms. The van der Waals surface area contributed by atoms with Crippen molar-refractivity contribution in [2.75, 3.05) is 13.1 Å². The van der Waals surface area contributed by atoms with Crippen LogP contribution in [0.15, 0.2) is 24.3 Å². The SMILES string of the molecule is Cc1cccc(C2(C(=O)N3CC(CN)CC3C)CC2)c1. The summed E-state index contributed by atoms with van der Waals surface area (Å²) in [6.45, 7) is 5.77. The fourth-order valence-electron chi connectivity index (χ4n) is 3.56. The maximum Gasteiger partial charge on any atom is 0.233 e. The summed E-state index contributed by atoms with van der Waals surface area (Å²) in [6, 6.07) is 8.77. The van der Waals surface area contributed by atoms with Crippen LogP contribution in [0.3, 0.4) is 0 Å². The monoisotopic (exact) mass is 272 g/mol. The zero-order valence-electron chi connectivity index (χ0n) is 12.4. The molecule has 1 saturated heterocycles. The van der Waals surface area contributed by atoms with E-state index >= 15 is 0 Å². The highest BCUT2D eigenvalue weighted by Crippen LogP contribution is 2.50. The van der Waals surface area contributed by atoms with E-state index in [1.54, 1.807) is 0 Å². The van der Waals surface area contributed by atoms with E-state index in [4.69, 9.17) is 5.73 Å². The summed E-state index contributed by atoms with van der Waals surface area (Å²) in [5.41, 5.74) is 7.98. The summed E-state index contributed by atoms with van der Waals surface area (Å²) >= 11 is 0. The third-order valence-corrected chi connectivity index (χ3v) is 4.99. The zero-order valence-corrected chi connectivity index (χ0v) is 12.4. The molecule has 2 aliphatic rings. The number of carbonyl (C=O) groups is 1. The van der Waals surface area contributed by atoms with Crippen molar-refractivity contribution in [3.8, 4) is 0 Å². The first kappa shape index (κ1) is 13.6. The standard InChI is InChI=1S/C17H24N2O/c1-12-4-3-5-15(8-12)17(6-7-17)16(20)19-11-14(10-18)9-13(19)2/h3-5,8,13-14H,6-7,9-11,18H2,1-2H3. The molecule has 1 aliphatic heterocycles. The molecule has 2 N–H and O–H groups in total. The minimum Gasteiger partial charge on any atom is -0.339 e. The molecular formula is C17H24N2O. The fraction of sp³-hybridized carbons (Fsp3) is 0.588. The molecule has 1 aromatic rings. The topological polar surface area (TPSA) is 46.3 Å². The summed E-state index contributed by atoms with van der Waals surface area (Å²) in [5.74, 6) is 0.800. The molecule has 1 saturated carbocycles. The molecule has 20 heavy (non-hydrogen) atoms. The Labute approximate surface area is 121 Å². The second kappa shape index (κ2) is 4.88. The Hall–Kier alpha value is -1.35. The van der Waals surface area contributed by atoms with Crippen LogP contribution in [-0.2, 0) is 10.2 Å². The Kier molecular flexibility index (Phi) is 3.33. The highest BCUT2D eigenvalue weighted by molar-refractivity contribution is 5.91. The van der Waals surface area contributed by atoms with E-state index in [2.05, 4.69) is 43.0 Å². The van der Waals surface area contributed by atoms with Gasteiger partial charge >= 0.3 is 0 Å². The predicted molar refractivity (Wildman–Crippen MR) is 80.4 cm³/mol. The summed E-state index contributed by atoms with van der Waals surface area (Å²) < 4.78 is 0. The van der Waals surface area contributed by atoms with Gasteiger partial charge in [-0.3, -0.25) is 4.79 Å². The number of hydrogen-bond donors (Lipinski definition) is 1. The highest BCUT2D eigenvalue weighted by atomic mass is 16.2. The molecule has 1 aromatic carbocycles. The van der Waals surface area contributed by atoms with E-state index < -0.39 is 0 Å². The van der Waals surface area contributed by atoms with Crippen LogP contribution in [0.2, 0.25) is 0 Å². The number of hydrogen-bond acceptors (Lipinski definition) is 2. The molecule has 1 aliphatic carbocycles. The number of benzene rings is 1. The lowest BCUT2D eigenvalue weighted by Crippen LogP contribution is -2.41. The van der Waals surface area contributed by atoms with Crippen LogP contribution in [-0.4, -0.2) is 29.9 Å². The third kappa shape index (κ3) is 2.14. The molecule has 0 aromatic heterocycles. The minimum atomic E-state index is -0.232. The van der Waals surface area contributed by atoms with Crippen molar-refractivity contribution in [1.29, 1.82) is 0 Å². The quantitative estimate of drug-likeness (QED) is 0.917. The maximum absolute atomic E-state index is 13.0. The molecule has 1 amide bonds. The lowest BCUT2D eigenvalue weighted by atomic mass is 9.93. The van der Waals surface area contributed by atoms with Gasteiger partial charge in [0.1, 0.15) is 0 Å². The molecular weight excluding hydrogens is 248 g/mol. The molecule has 3 rings (SSSR count). The van der Waals surface area contributed by atoms with Gasteiger partial charge in [-0.25, -0.2) is 0 Å². The summed E-state index contributed by atoms with van der Waals surface area (Å²) in [5, 5.41) is 0. The first-order valence-electron chi connectivity index (χ1n) is 7.65. The van der Waals surface area contributed by atoms with Gasteiger partial charge in [-0.2, -0.15) is 0 Å². The van der Waals surface area contributed by atoms with Crippen molar-refractivity contribution < 1.29 is 4.79 Å². The lowest BCUT2D eigenvalue weighted by Gasteiger charge is -2.27. The summed E-state index contributed by atoms with van der Waals surface area (Å²) in [6.07, 6.45) is 3.03. The van der Waals surface area contributed by atoms with Gasteiger partial charge in [-0.05, 0) is 51.1 Å². The van der Waals surface area contributed by atoms with E-state index in [1.807, 2.05) is 0 Å². The van der Waals surface area contributed by atoms with Gasteiger partial charge in [-0.1, -0.05) is 29.8 Å². The van der Waals surface area contributed by atoms with E-state index in [-0.39, 0.29) is 5.41 Å². The van der Waals surface area contributed by atoms with Gasteiger partial charge in [0.05, 0.1) is 5.41 Å². The maximum atomic E-state index is 13.0. The average molecular weight is 272 g/mol. The van der Waals surface area contributed by atoms with Crippen LogP contribution in [0.1, 0.15) is 37.3 Å². The smallest absolute Gasteiger partial charge is 0.233 e. The van der Waals surface area contributed by atoms with Crippen molar-refractivity contribution in [2.45, 2.75) is 44.6 Å². The molecule has 0 spiro atoms. The van der Waals surface area contributed by atoms with Crippen LogP contribution >= 0.6 is 0 Å². The van der Waals surface area contributed by atoms with Gasteiger partial charge < -0.3 is 10.6 Å². The van der Waals surface area contributed by atoms with Crippen LogP contribution in [0.4, 0.5) is 0 Å². The molecule has 1 heterocycles. The fourth-order valence-corrected chi connectivity index (χ4v) is 3.56. The van der Waals surface area contributed by atoms with Gasteiger partial charge in [0.15, 0.2) is 0 Å². The molecule has 108 valence electrons. The number of aryl methyl sites for hydroxylation is 1. The first-order chi connectivity index (χ1) is 9.56. The van der Waals surface area contributed by atoms with Crippen molar-refractivity contribution in [3.63, 3.8) is 0 Å². The Morgan fingerprint density at radius 1 is 1.45 bits per heavy atom. The molecule has 3 heteroatoms. The molecule has 3 nitrogen and oxygen atoms in total. The number of rotatable bonds is 3.